The van der Waals surface area contributed by atoms with Crippen molar-refractivity contribution >= 4 is 17.7 Å². The molecule has 0 spiro atoms. The second kappa shape index (κ2) is 9.74. The predicted molar refractivity (Wildman–Crippen MR) is 98.9 cm³/mol. The highest BCUT2D eigenvalue weighted by Gasteiger charge is 2.08. The largest absolute Gasteiger partial charge is 0.355 e. The summed E-state index contributed by atoms with van der Waals surface area (Å²) < 4.78 is 0. The molecule has 0 aliphatic heterocycles. The Kier molecular flexibility index (Phi) is 8.35. The maximum atomic E-state index is 4.26. The van der Waals surface area contributed by atoms with E-state index in [4.69, 9.17) is 0 Å². The molecule has 0 radical (unpaired) electrons. The minimum Gasteiger partial charge on any atom is -0.355 e. The predicted octanol–water partition coefficient (Wildman–Crippen LogP) is 2.72. The number of hydrogen-bond donors (Lipinski definition) is 3. The third-order valence-corrected chi connectivity index (χ3v) is 4.05. The number of benzene rings is 1. The summed E-state index contributed by atoms with van der Waals surface area (Å²) in [6.07, 6.45) is 0. The van der Waals surface area contributed by atoms with Gasteiger partial charge in [-0.25, -0.2) is 0 Å². The molecule has 1 aromatic rings. The molecule has 0 aromatic heterocycles. The maximum absolute atomic E-state index is 4.26. The standard InChI is InChI=1S/C17H30N4S/c1-14(22-15-9-7-6-8-10-15)13-20-16(18-5)19-11-12-21-17(2,3)4/h6-10,14,21H,11-13H2,1-5H3,(H2,18,19,20). The Hall–Kier alpha value is -1.20. The number of nitrogens with zero attached hydrogens (tertiary/aromatic N) is 1. The molecule has 1 aromatic carbocycles. The fourth-order valence-corrected chi connectivity index (χ4v) is 2.80. The number of hydrogen-bond acceptors (Lipinski definition) is 3. The number of thioether (sulfide) groups is 1. The van der Waals surface area contributed by atoms with Crippen molar-refractivity contribution in [2.24, 2.45) is 4.99 Å². The monoisotopic (exact) mass is 322 g/mol. The normalized spacial score (nSPS) is 13.8. The number of guanidine groups is 1. The van der Waals surface area contributed by atoms with Gasteiger partial charge in [0.2, 0.25) is 0 Å². The van der Waals surface area contributed by atoms with Crippen LogP contribution in [-0.2, 0) is 0 Å². The van der Waals surface area contributed by atoms with E-state index in [1.54, 1.807) is 0 Å². The molecule has 0 bridgehead atoms. The van der Waals surface area contributed by atoms with E-state index in [1.807, 2.05) is 24.9 Å². The van der Waals surface area contributed by atoms with E-state index in [9.17, 15) is 0 Å². The van der Waals surface area contributed by atoms with Crippen LogP contribution in [-0.4, -0.2) is 43.4 Å². The van der Waals surface area contributed by atoms with E-state index in [0.29, 0.717) is 5.25 Å². The average molecular weight is 323 g/mol. The fourth-order valence-electron chi connectivity index (χ4n) is 1.85. The van der Waals surface area contributed by atoms with Crippen molar-refractivity contribution in [1.82, 2.24) is 16.0 Å². The molecule has 0 saturated carbocycles. The van der Waals surface area contributed by atoms with Crippen LogP contribution in [0.2, 0.25) is 0 Å². The molecule has 4 nitrogen and oxygen atoms in total. The Morgan fingerprint density at radius 1 is 1.14 bits per heavy atom. The Balaban J connectivity index is 2.23. The molecule has 0 amide bonds. The van der Waals surface area contributed by atoms with Crippen LogP contribution in [0.15, 0.2) is 40.2 Å². The lowest BCUT2D eigenvalue weighted by molar-refractivity contribution is 0.428. The molecule has 3 N–H and O–H groups in total. The van der Waals surface area contributed by atoms with E-state index in [1.165, 1.54) is 4.90 Å². The van der Waals surface area contributed by atoms with Crippen molar-refractivity contribution in [3.05, 3.63) is 30.3 Å². The molecule has 0 saturated heterocycles. The summed E-state index contributed by atoms with van der Waals surface area (Å²) in [4.78, 5) is 5.56. The maximum Gasteiger partial charge on any atom is 0.191 e. The van der Waals surface area contributed by atoms with Gasteiger partial charge in [-0.1, -0.05) is 25.1 Å². The Morgan fingerprint density at radius 3 is 2.41 bits per heavy atom. The van der Waals surface area contributed by atoms with Crippen LogP contribution in [0.25, 0.3) is 0 Å². The van der Waals surface area contributed by atoms with E-state index in [0.717, 1.165) is 25.6 Å². The van der Waals surface area contributed by atoms with Crippen LogP contribution in [0, 0.1) is 0 Å². The zero-order chi connectivity index (χ0) is 16.4. The molecule has 5 heteroatoms. The number of rotatable bonds is 7. The Morgan fingerprint density at radius 2 is 1.82 bits per heavy atom. The molecule has 0 fully saturated rings. The summed E-state index contributed by atoms with van der Waals surface area (Å²) in [5.74, 6) is 0.858. The second-order valence-electron chi connectivity index (χ2n) is 6.30. The van der Waals surface area contributed by atoms with Gasteiger partial charge in [0.25, 0.3) is 0 Å². The van der Waals surface area contributed by atoms with Crippen LogP contribution < -0.4 is 16.0 Å². The first-order chi connectivity index (χ1) is 10.4. The van der Waals surface area contributed by atoms with Crippen molar-refractivity contribution in [3.8, 4) is 0 Å². The first-order valence-electron chi connectivity index (χ1n) is 7.82. The number of aliphatic imine (C=N–C) groups is 1. The lowest BCUT2D eigenvalue weighted by Crippen LogP contribution is -2.45. The Bertz CT molecular complexity index is 440. The van der Waals surface area contributed by atoms with E-state index in [2.05, 4.69) is 72.9 Å². The van der Waals surface area contributed by atoms with Gasteiger partial charge in [0.1, 0.15) is 0 Å². The quantitative estimate of drug-likeness (QED) is 0.313. The van der Waals surface area contributed by atoms with Gasteiger partial charge in [-0.3, -0.25) is 4.99 Å². The highest BCUT2D eigenvalue weighted by atomic mass is 32.2. The molecular weight excluding hydrogens is 292 g/mol. The summed E-state index contributed by atoms with van der Waals surface area (Å²) in [6.45, 7) is 11.4. The van der Waals surface area contributed by atoms with Crippen molar-refractivity contribution in [2.75, 3.05) is 26.7 Å². The van der Waals surface area contributed by atoms with E-state index in [-0.39, 0.29) is 5.54 Å². The highest BCUT2D eigenvalue weighted by Crippen LogP contribution is 2.21. The van der Waals surface area contributed by atoms with Crippen LogP contribution in [0.1, 0.15) is 27.7 Å². The number of nitrogens with one attached hydrogen (secondary N) is 3. The van der Waals surface area contributed by atoms with Crippen LogP contribution in [0.4, 0.5) is 0 Å². The summed E-state index contributed by atoms with van der Waals surface area (Å²) in [6, 6.07) is 10.5. The molecule has 0 aliphatic carbocycles. The third kappa shape index (κ3) is 8.95. The minimum atomic E-state index is 0.152. The first kappa shape index (κ1) is 18.8. The average Bonchev–Trinajstić information content (AvgIpc) is 2.46. The molecule has 1 rings (SSSR count). The second-order valence-corrected chi connectivity index (χ2v) is 7.81. The third-order valence-electron chi connectivity index (χ3n) is 2.93. The van der Waals surface area contributed by atoms with Gasteiger partial charge in [-0.2, -0.15) is 0 Å². The molecule has 22 heavy (non-hydrogen) atoms. The van der Waals surface area contributed by atoms with Gasteiger partial charge in [-0.15, -0.1) is 11.8 Å². The van der Waals surface area contributed by atoms with Crippen molar-refractivity contribution in [3.63, 3.8) is 0 Å². The zero-order valence-electron chi connectivity index (χ0n) is 14.4. The lowest BCUT2D eigenvalue weighted by atomic mass is 10.1. The summed E-state index contributed by atoms with van der Waals surface area (Å²) >= 11 is 1.87. The van der Waals surface area contributed by atoms with Crippen LogP contribution >= 0.6 is 11.8 Å². The molecule has 1 unspecified atom stereocenters. The van der Waals surface area contributed by atoms with Crippen molar-refractivity contribution in [2.45, 2.75) is 43.4 Å². The van der Waals surface area contributed by atoms with Crippen molar-refractivity contribution in [1.29, 1.82) is 0 Å². The fraction of sp³-hybridized carbons (Fsp3) is 0.588. The molecule has 1 atom stereocenters. The van der Waals surface area contributed by atoms with E-state index >= 15 is 0 Å². The molecule has 0 aliphatic rings. The lowest BCUT2D eigenvalue weighted by Gasteiger charge is -2.21. The smallest absolute Gasteiger partial charge is 0.191 e. The van der Waals surface area contributed by atoms with Crippen molar-refractivity contribution < 1.29 is 0 Å². The van der Waals surface area contributed by atoms with Gasteiger partial charge in [0, 0.05) is 42.4 Å². The summed E-state index contributed by atoms with van der Waals surface area (Å²) in [5, 5.41) is 10.6. The summed E-state index contributed by atoms with van der Waals surface area (Å²) in [5.41, 5.74) is 0.152. The van der Waals surface area contributed by atoms with Crippen LogP contribution in [0.3, 0.4) is 0 Å². The highest BCUT2D eigenvalue weighted by molar-refractivity contribution is 8.00. The van der Waals surface area contributed by atoms with Crippen LogP contribution in [0.5, 0.6) is 0 Å². The summed E-state index contributed by atoms with van der Waals surface area (Å²) in [7, 11) is 1.81. The molecule has 124 valence electrons. The minimum absolute atomic E-state index is 0.152. The molecular formula is C17H30N4S. The van der Waals surface area contributed by atoms with Gasteiger partial charge in [0.05, 0.1) is 0 Å². The molecule has 0 heterocycles. The first-order valence-corrected chi connectivity index (χ1v) is 8.70. The van der Waals surface area contributed by atoms with E-state index < -0.39 is 0 Å². The Labute approximate surface area is 139 Å². The van der Waals surface area contributed by atoms with Gasteiger partial charge in [-0.05, 0) is 32.9 Å². The van der Waals surface area contributed by atoms with Gasteiger partial charge >= 0.3 is 0 Å². The zero-order valence-corrected chi connectivity index (χ0v) is 15.3. The topological polar surface area (TPSA) is 48.5 Å². The van der Waals surface area contributed by atoms with Gasteiger partial charge < -0.3 is 16.0 Å². The van der Waals surface area contributed by atoms with Gasteiger partial charge in [0.15, 0.2) is 5.96 Å². The SMILES string of the molecule is CN=C(NCCNC(C)(C)C)NCC(C)Sc1ccccc1.